The van der Waals surface area contributed by atoms with E-state index in [1.54, 1.807) is 19.1 Å². The largest absolute Gasteiger partial charge is 0.271 e. The fourth-order valence-corrected chi connectivity index (χ4v) is 1.77. The van der Waals surface area contributed by atoms with Gasteiger partial charge in [-0.3, -0.25) is 11.3 Å². The molecule has 1 aromatic rings. The van der Waals surface area contributed by atoms with Crippen molar-refractivity contribution in [3.63, 3.8) is 0 Å². The lowest BCUT2D eigenvalue weighted by Gasteiger charge is -2.18. The number of hydrazine groups is 1. The van der Waals surface area contributed by atoms with Crippen LogP contribution in [0.25, 0.3) is 0 Å². The van der Waals surface area contributed by atoms with Gasteiger partial charge in [0, 0.05) is 11.6 Å². The van der Waals surface area contributed by atoms with Crippen LogP contribution in [-0.4, -0.2) is 0 Å². The van der Waals surface area contributed by atoms with E-state index in [1.165, 1.54) is 0 Å². The van der Waals surface area contributed by atoms with E-state index in [4.69, 9.17) is 5.84 Å². The van der Waals surface area contributed by atoms with Crippen LogP contribution in [0.5, 0.6) is 0 Å². The molecule has 16 heavy (non-hydrogen) atoms. The van der Waals surface area contributed by atoms with Crippen LogP contribution in [-0.2, 0) is 0 Å². The molecule has 0 aliphatic carbocycles. The number of nitrogens with two attached hydrogens (primary N) is 1. The monoisotopic (exact) mass is 224 g/mol. The molecule has 1 atom stereocenters. The molecule has 0 aromatic heterocycles. The predicted octanol–water partition coefficient (Wildman–Crippen LogP) is 3.07. The fourth-order valence-electron chi connectivity index (χ4n) is 1.77. The Morgan fingerprint density at radius 2 is 2.00 bits per heavy atom. The molecule has 1 aromatic carbocycles. The highest BCUT2D eigenvalue weighted by molar-refractivity contribution is 5.27. The number of hydrogen-bond acceptors (Lipinski definition) is 2. The number of aryl methyl sites for hydroxylation is 1. The average Bonchev–Trinajstić information content (AvgIpc) is 2.24. The van der Waals surface area contributed by atoms with Gasteiger partial charge in [0.15, 0.2) is 0 Å². The second kappa shape index (κ2) is 5.97. The Bertz CT molecular complexity index is 337. The van der Waals surface area contributed by atoms with Gasteiger partial charge < -0.3 is 0 Å². The average molecular weight is 224 g/mol. The first-order chi connectivity index (χ1) is 7.56. The zero-order chi connectivity index (χ0) is 12.1. The van der Waals surface area contributed by atoms with E-state index < -0.39 is 0 Å². The Hall–Kier alpha value is -0.930. The molecule has 0 fully saturated rings. The minimum atomic E-state index is -0.144. The summed E-state index contributed by atoms with van der Waals surface area (Å²) in [6, 6.07) is 5.34. The molecule has 1 unspecified atom stereocenters. The molecule has 0 bridgehead atoms. The van der Waals surface area contributed by atoms with Crippen molar-refractivity contribution in [2.45, 2.75) is 39.7 Å². The van der Waals surface area contributed by atoms with E-state index in [0.29, 0.717) is 17.0 Å². The summed E-state index contributed by atoms with van der Waals surface area (Å²) in [7, 11) is 0. The molecule has 0 radical (unpaired) electrons. The van der Waals surface area contributed by atoms with Crippen LogP contribution in [0.3, 0.4) is 0 Å². The number of nitrogens with one attached hydrogen (secondary N) is 1. The van der Waals surface area contributed by atoms with Crippen LogP contribution >= 0.6 is 0 Å². The van der Waals surface area contributed by atoms with Gasteiger partial charge in [0.1, 0.15) is 5.82 Å². The van der Waals surface area contributed by atoms with Crippen molar-refractivity contribution in [3.8, 4) is 0 Å². The summed E-state index contributed by atoms with van der Waals surface area (Å²) in [6.07, 6.45) is 1.89. The third-order valence-corrected chi connectivity index (χ3v) is 2.83. The molecule has 0 saturated carbocycles. The minimum Gasteiger partial charge on any atom is -0.271 e. The minimum absolute atomic E-state index is 0.0951. The Kier molecular flexibility index (Phi) is 4.90. The second-order valence-electron chi connectivity index (χ2n) is 4.67. The molecule has 1 rings (SSSR count). The van der Waals surface area contributed by atoms with Crippen LogP contribution in [0.2, 0.25) is 0 Å². The Labute approximate surface area is 97.0 Å². The van der Waals surface area contributed by atoms with Gasteiger partial charge in [-0.25, -0.2) is 4.39 Å². The zero-order valence-corrected chi connectivity index (χ0v) is 10.3. The number of rotatable bonds is 5. The summed E-state index contributed by atoms with van der Waals surface area (Å²) in [5.74, 6) is 5.95. The van der Waals surface area contributed by atoms with Crippen molar-refractivity contribution < 1.29 is 4.39 Å². The van der Waals surface area contributed by atoms with Gasteiger partial charge >= 0.3 is 0 Å². The van der Waals surface area contributed by atoms with Crippen LogP contribution in [0.4, 0.5) is 4.39 Å². The fraction of sp³-hybridized carbons (Fsp3) is 0.538. The standard InChI is InChI=1S/C13H21FN2/c1-9(2)7-8-12(16-15)11-6-4-5-10(3)13(11)14/h4-6,9,12,16H,7-8,15H2,1-3H3. The maximum Gasteiger partial charge on any atom is 0.130 e. The summed E-state index contributed by atoms with van der Waals surface area (Å²) in [5, 5.41) is 0. The quantitative estimate of drug-likeness (QED) is 0.596. The van der Waals surface area contributed by atoms with E-state index >= 15 is 0 Å². The lowest BCUT2D eigenvalue weighted by atomic mass is 9.96. The summed E-state index contributed by atoms with van der Waals surface area (Å²) in [5.41, 5.74) is 4.04. The topological polar surface area (TPSA) is 38.0 Å². The van der Waals surface area contributed by atoms with Crippen LogP contribution in [0, 0.1) is 18.7 Å². The van der Waals surface area contributed by atoms with E-state index in [-0.39, 0.29) is 11.9 Å². The van der Waals surface area contributed by atoms with Crippen molar-refractivity contribution in [1.29, 1.82) is 0 Å². The summed E-state index contributed by atoms with van der Waals surface area (Å²) in [6.45, 7) is 6.08. The van der Waals surface area contributed by atoms with Gasteiger partial charge in [0.05, 0.1) is 0 Å². The molecule has 0 aliphatic heterocycles. The molecule has 0 saturated heterocycles. The van der Waals surface area contributed by atoms with Crippen molar-refractivity contribution in [2.75, 3.05) is 0 Å². The molecule has 0 aliphatic rings. The number of halogens is 1. The van der Waals surface area contributed by atoms with Crippen molar-refractivity contribution in [3.05, 3.63) is 35.1 Å². The van der Waals surface area contributed by atoms with Crippen LogP contribution < -0.4 is 11.3 Å². The smallest absolute Gasteiger partial charge is 0.130 e. The maximum absolute atomic E-state index is 13.9. The zero-order valence-electron chi connectivity index (χ0n) is 10.3. The molecule has 3 N–H and O–H groups in total. The number of benzene rings is 1. The molecule has 2 nitrogen and oxygen atoms in total. The summed E-state index contributed by atoms with van der Waals surface area (Å²) >= 11 is 0. The molecule has 0 heterocycles. The maximum atomic E-state index is 13.9. The first kappa shape index (κ1) is 13.1. The molecular weight excluding hydrogens is 203 g/mol. The highest BCUT2D eigenvalue weighted by Crippen LogP contribution is 2.24. The summed E-state index contributed by atoms with van der Waals surface area (Å²) in [4.78, 5) is 0. The van der Waals surface area contributed by atoms with Crippen molar-refractivity contribution >= 4 is 0 Å². The van der Waals surface area contributed by atoms with Gasteiger partial charge in [0.2, 0.25) is 0 Å². The Balaban J connectivity index is 2.82. The first-order valence-electron chi connectivity index (χ1n) is 5.77. The van der Waals surface area contributed by atoms with E-state index in [1.807, 2.05) is 6.07 Å². The third-order valence-electron chi connectivity index (χ3n) is 2.83. The van der Waals surface area contributed by atoms with Gasteiger partial charge in [-0.15, -0.1) is 0 Å². The summed E-state index contributed by atoms with van der Waals surface area (Å²) < 4.78 is 13.9. The van der Waals surface area contributed by atoms with Crippen molar-refractivity contribution in [2.24, 2.45) is 11.8 Å². The SMILES string of the molecule is Cc1cccc(C(CCC(C)C)NN)c1F. The third kappa shape index (κ3) is 3.29. The Morgan fingerprint density at radius 1 is 1.31 bits per heavy atom. The Morgan fingerprint density at radius 3 is 2.56 bits per heavy atom. The molecular formula is C13H21FN2. The predicted molar refractivity (Wildman–Crippen MR) is 65.3 cm³/mol. The van der Waals surface area contributed by atoms with E-state index in [0.717, 1.165) is 12.8 Å². The van der Waals surface area contributed by atoms with E-state index in [9.17, 15) is 4.39 Å². The molecule has 90 valence electrons. The van der Waals surface area contributed by atoms with Crippen LogP contribution in [0.1, 0.15) is 43.9 Å². The lowest BCUT2D eigenvalue weighted by Crippen LogP contribution is -2.29. The molecule has 3 heteroatoms. The highest BCUT2D eigenvalue weighted by Gasteiger charge is 2.15. The van der Waals surface area contributed by atoms with Gasteiger partial charge in [0.25, 0.3) is 0 Å². The normalized spacial score (nSPS) is 13.1. The highest BCUT2D eigenvalue weighted by atomic mass is 19.1. The molecule has 0 amide bonds. The second-order valence-corrected chi connectivity index (χ2v) is 4.67. The lowest BCUT2D eigenvalue weighted by molar-refractivity contribution is 0.433. The molecule has 0 spiro atoms. The van der Waals surface area contributed by atoms with Crippen molar-refractivity contribution in [1.82, 2.24) is 5.43 Å². The van der Waals surface area contributed by atoms with Gasteiger partial charge in [-0.1, -0.05) is 32.0 Å². The first-order valence-corrected chi connectivity index (χ1v) is 5.77. The van der Waals surface area contributed by atoms with Gasteiger partial charge in [-0.05, 0) is 31.2 Å². The van der Waals surface area contributed by atoms with E-state index in [2.05, 4.69) is 19.3 Å². The van der Waals surface area contributed by atoms with Crippen LogP contribution in [0.15, 0.2) is 18.2 Å². The number of hydrogen-bond donors (Lipinski definition) is 2. The van der Waals surface area contributed by atoms with Gasteiger partial charge in [-0.2, -0.15) is 0 Å².